The molecule has 0 aliphatic carbocycles. The van der Waals surface area contributed by atoms with Gasteiger partial charge in [0.05, 0.1) is 22.3 Å². The molecule has 5 aromatic rings. The highest BCUT2D eigenvalue weighted by molar-refractivity contribution is 7.91. The van der Waals surface area contributed by atoms with Gasteiger partial charge in [-0.15, -0.1) is 10.2 Å². The number of tetrazole rings is 1. The summed E-state index contributed by atoms with van der Waals surface area (Å²) in [6.07, 6.45) is 0.655. The number of aryl methyl sites for hydroxylation is 2. The Morgan fingerprint density at radius 2 is 1.80 bits per heavy atom. The topological polar surface area (TPSA) is 136 Å². The van der Waals surface area contributed by atoms with Crippen LogP contribution in [0.25, 0.3) is 33.5 Å². The Balaban J connectivity index is 1.52. The first kappa shape index (κ1) is 28.4. The third-order valence-corrected chi connectivity index (χ3v) is 9.36. The number of hydrogen-bond donors (Lipinski definition) is 2. The van der Waals surface area contributed by atoms with Gasteiger partial charge in [0.15, 0.2) is 0 Å². The number of benzene rings is 3. The van der Waals surface area contributed by atoms with E-state index >= 15 is 0 Å². The fourth-order valence-electron chi connectivity index (χ4n) is 4.57. The van der Waals surface area contributed by atoms with Crippen molar-refractivity contribution >= 4 is 38.6 Å². The summed E-state index contributed by atoms with van der Waals surface area (Å²) in [5.74, 6) is 0.632. The molecule has 2 heterocycles. The van der Waals surface area contributed by atoms with Crippen LogP contribution in [0.2, 0.25) is 5.02 Å². The molecule has 12 heteroatoms. The zero-order chi connectivity index (χ0) is 29.5. The Morgan fingerprint density at radius 1 is 1.07 bits per heavy atom. The van der Waals surface area contributed by atoms with Crippen molar-refractivity contribution in [1.29, 1.82) is 0 Å². The molecule has 0 aliphatic rings. The highest BCUT2D eigenvalue weighted by Crippen LogP contribution is 2.33. The molecule has 41 heavy (non-hydrogen) atoms. The van der Waals surface area contributed by atoms with Crippen LogP contribution >= 0.6 is 11.6 Å². The number of rotatable bonds is 7. The monoisotopic (exact) mass is 591 g/mol. The molecule has 1 amide bonds. The minimum absolute atomic E-state index is 0.242. The van der Waals surface area contributed by atoms with Crippen molar-refractivity contribution < 1.29 is 13.2 Å². The van der Waals surface area contributed by atoms with Gasteiger partial charge in [-0.05, 0) is 73.4 Å². The molecule has 10 nitrogen and oxygen atoms in total. The zero-order valence-electron chi connectivity index (χ0n) is 23.4. The van der Waals surface area contributed by atoms with Gasteiger partial charge in [-0.25, -0.2) is 18.1 Å². The Hall–Kier alpha value is -4.09. The van der Waals surface area contributed by atoms with Crippen molar-refractivity contribution in [3.05, 3.63) is 82.1 Å². The Labute approximate surface area is 243 Å². The number of fused-ring (bicyclic) bond motifs is 1. The van der Waals surface area contributed by atoms with Gasteiger partial charge in [0.1, 0.15) is 5.82 Å². The summed E-state index contributed by atoms with van der Waals surface area (Å²) in [6, 6.07) is 17.0. The lowest BCUT2D eigenvalue weighted by molar-refractivity contribution is 0.0980. The average Bonchev–Trinajstić information content (AvgIpc) is 3.58. The van der Waals surface area contributed by atoms with Crippen molar-refractivity contribution in [2.24, 2.45) is 0 Å². The first-order valence-corrected chi connectivity index (χ1v) is 14.9. The Kier molecular flexibility index (Phi) is 7.43. The van der Waals surface area contributed by atoms with Gasteiger partial charge >= 0.3 is 0 Å². The van der Waals surface area contributed by atoms with Gasteiger partial charge in [-0.1, -0.05) is 54.9 Å². The molecule has 0 saturated carbocycles. The van der Waals surface area contributed by atoms with Crippen LogP contribution in [0.3, 0.4) is 0 Å². The molecule has 5 rings (SSSR count). The van der Waals surface area contributed by atoms with Gasteiger partial charge in [-0.2, -0.15) is 5.21 Å². The van der Waals surface area contributed by atoms with E-state index in [0.717, 1.165) is 44.7 Å². The summed E-state index contributed by atoms with van der Waals surface area (Å²) in [4.78, 5) is 17.9. The van der Waals surface area contributed by atoms with Crippen LogP contribution in [0.15, 0.2) is 54.6 Å². The van der Waals surface area contributed by atoms with Gasteiger partial charge < -0.3 is 4.57 Å². The van der Waals surface area contributed by atoms with Gasteiger partial charge in [0.2, 0.25) is 15.8 Å². The third kappa shape index (κ3) is 5.47. The van der Waals surface area contributed by atoms with Crippen molar-refractivity contribution in [3.8, 4) is 22.5 Å². The highest BCUT2D eigenvalue weighted by atomic mass is 35.5. The van der Waals surface area contributed by atoms with Crippen LogP contribution in [-0.4, -0.2) is 49.2 Å². The second-order valence-corrected chi connectivity index (χ2v) is 13.6. The molecule has 0 aliphatic heterocycles. The van der Waals surface area contributed by atoms with Crippen LogP contribution < -0.4 is 4.72 Å². The van der Waals surface area contributed by atoms with E-state index in [4.69, 9.17) is 16.6 Å². The molecule has 0 radical (unpaired) electrons. The average molecular weight is 592 g/mol. The lowest BCUT2D eigenvalue weighted by Crippen LogP contribution is -2.42. The quantitative estimate of drug-likeness (QED) is 0.262. The SMILES string of the molecule is CCc1nc2c(C)cc(C(=O)NS(=O)(=O)C(C)(C)C)cc2n1Cc1ccc(-c2ccccc2-c2nn[nH]n2)cc1Cl. The summed E-state index contributed by atoms with van der Waals surface area (Å²) in [5.41, 5.74) is 6.00. The Morgan fingerprint density at radius 3 is 2.44 bits per heavy atom. The van der Waals surface area contributed by atoms with E-state index in [1.54, 1.807) is 32.9 Å². The molecular weight excluding hydrogens is 562 g/mol. The number of carbonyl (C=O) groups is 1. The molecule has 0 atom stereocenters. The van der Waals surface area contributed by atoms with Crippen molar-refractivity contribution in [1.82, 2.24) is 34.9 Å². The van der Waals surface area contributed by atoms with Gasteiger partial charge in [0, 0.05) is 22.6 Å². The number of amides is 1. The number of halogens is 1. The molecule has 0 saturated heterocycles. The van der Waals surface area contributed by atoms with Crippen molar-refractivity contribution in [2.75, 3.05) is 0 Å². The van der Waals surface area contributed by atoms with Crippen LogP contribution in [0.1, 0.15) is 55.0 Å². The largest absolute Gasteiger partial charge is 0.323 e. The van der Waals surface area contributed by atoms with Crippen LogP contribution in [0, 0.1) is 6.92 Å². The van der Waals surface area contributed by atoms with E-state index in [1.165, 1.54) is 0 Å². The maximum Gasteiger partial charge on any atom is 0.264 e. The molecular formula is C29H30ClN7O3S. The van der Waals surface area contributed by atoms with E-state index in [2.05, 4.69) is 25.3 Å². The summed E-state index contributed by atoms with van der Waals surface area (Å²) in [7, 11) is -3.87. The first-order chi connectivity index (χ1) is 19.4. The number of aromatic nitrogens is 6. The fourth-order valence-corrected chi connectivity index (χ4v) is 5.48. The summed E-state index contributed by atoms with van der Waals surface area (Å²) < 4.78 is 28.3. The maximum atomic E-state index is 13.0. The normalized spacial score (nSPS) is 12.1. The number of carbonyl (C=O) groups excluding carboxylic acids is 1. The highest BCUT2D eigenvalue weighted by Gasteiger charge is 2.31. The predicted molar refractivity (Wildman–Crippen MR) is 159 cm³/mol. The fraction of sp³-hybridized carbons (Fsp3) is 0.276. The summed E-state index contributed by atoms with van der Waals surface area (Å²) >= 11 is 6.83. The second kappa shape index (κ2) is 10.7. The number of H-pyrrole nitrogens is 1. The number of aromatic amines is 1. The molecule has 0 unspecified atom stereocenters. The van der Waals surface area contributed by atoms with Gasteiger partial charge in [-0.3, -0.25) is 4.79 Å². The van der Waals surface area contributed by atoms with E-state index in [1.807, 2.05) is 60.9 Å². The third-order valence-electron chi connectivity index (χ3n) is 6.94. The minimum atomic E-state index is -3.87. The predicted octanol–water partition coefficient (Wildman–Crippen LogP) is 5.31. The Bertz CT molecular complexity index is 1870. The van der Waals surface area contributed by atoms with Crippen molar-refractivity contribution in [3.63, 3.8) is 0 Å². The standard InChI is InChI=1S/C29H30ClN7O3S/c1-6-25-31-26-17(2)13-20(28(38)34-41(39,40)29(3,4)5)15-24(26)37(25)16-19-12-11-18(14-23(19)30)21-9-7-8-10-22(21)27-32-35-36-33-27/h7-15H,6,16H2,1-5H3,(H,34,38)(H,32,33,35,36). The number of nitrogens with one attached hydrogen (secondary N) is 2. The summed E-state index contributed by atoms with van der Waals surface area (Å²) in [5, 5.41) is 15.0. The number of hydrogen-bond acceptors (Lipinski definition) is 7. The minimum Gasteiger partial charge on any atom is -0.323 e. The van der Waals surface area contributed by atoms with E-state index in [0.29, 0.717) is 23.8 Å². The lowest BCUT2D eigenvalue weighted by atomic mass is 9.98. The van der Waals surface area contributed by atoms with E-state index in [9.17, 15) is 13.2 Å². The van der Waals surface area contributed by atoms with Crippen LogP contribution in [-0.2, 0) is 23.0 Å². The molecule has 3 aromatic carbocycles. The van der Waals surface area contributed by atoms with Gasteiger partial charge in [0.25, 0.3) is 5.91 Å². The molecule has 212 valence electrons. The maximum absolute atomic E-state index is 13.0. The zero-order valence-corrected chi connectivity index (χ0v) is 24.9. The molecule has 2 N–H and O–H groups in total. The lowest BCUT2D eigenvalue weighted by Gasteiger charge is -2.19. The molecule has 0 fully saturated rings. The molecule has 2 aromatic heterocycles. The van der Waals surface area contributed by atoms with E-state index in [-0.39, 0.29) is 5.56 Å². The smallest absolute Gasteiger partial charge is 0.264 e. The number of sulfonamides is 1. The van der Waals surface area contributed by atoms with Crippen LogP contribution in [0.5, 0.6) is 0 Å². The second-order valence-electron chi connectivity index (χ2n) is 10.8. The molecule has 0 spiro atoms. The van der Waals surface area contributed by atoms with Crippen molar-refractivity contribution in [2.45, 2.75) is 52.3 Å². The first-order valence-electron chi connectivity index (χ1n) is 13.1. The van der Waals surface area contributed by atoms with Crippen LogP contribution in [0.4, 0.5) is 0 Å². The number of nitrogens with zero attached hydrogens (tertiary/aromatic N) is 5. The number of imidazole rings is 1. The summed E-state index contributed by atoms with van der Waals surface area (Å²) in [6.45, 7) is 8.90. The van der Waals surface area contributed by atoms with E-state index < -0.39 is 20.7 Å². The molecule has 0 bridgehead atoms.